The van der Waals surface area contributed by atoms with E-state index in [-0.39, 0.29) is 23.2 Å². The maximum atomic E-state index is 12.0. The van der Waals surface area contributed by atoms with Gasteiger partial charge in [-0.3, -0.25) is 9.59 Å². The van der Waals surface area contributed by atoms with Crippen molar-refractivity contribution in [2.75, 3.05) is 0 Å². The molecule has 1 atom stereocenters. The molecule has 0 saturated heterocycles. The number of rotatable bonds is 1. The van der Waals surface area contributed by atoms with Crippen molar-refractivity contribution < 1.29 is 14.7 Å². The number of phenolic OH excluding ortho intramolecular Hbond substituents is 1. The Balaban J connectivity index is 2.76. The monoisotopic (exact) mass is 232 g/mol. The molecule has 1 aromatic carbocycles. The summed E-state index contributed by atoms with van der Waals surface area (Å²) < 4.78 is 0. The zero-order valence-corrected chi connectivity index (χ0v) is 10.3. The molecule has 2 rings (SSSR count). The highest BCUT2D eigenvalue weighted by Crippen LogP contribution is 2.35. The zero-order valence-electron chi connectivity index (χ0n) is 10.3. The number of benzene rings is 1. The molecule has 1 N–H and O–H groups in total. The molecule has 1 aliphatic carbocycles. The van der Waals surface area contributed by atoms with Crippen LogP contribution in [0.2, 0.25) is 0 Å². The van der Waals surface area contributed by atoms with Crippen LogP contribution in [0.15, 0.2) is 6.07 Å². The Hall–Kier alpha value is -1.64. The van der Waals surface area contributed by atoms with Crippen LogP contribution < -0.4 is 0 Å². The number of hydrogen-bond acceptors (Lipinski definition) is 3. The second kappa shape index (κ2) is 3.99. The largest absolute Gasteiger partial charge is 0.507 e. The molecule has 1 aromatic rings. The van der Waals surface area contributed by atoms with Crippen molar-refractivity contribution in [1.82, 2.24) is 0 Å². The van der Waals surface area contributed by atoms with Gasteiger partial charge in [0.2, 0.25) is 0 Å². The molecule has 90 valence electrons. The molecule has 3 nitrogen and oxygen atoms in total. The number of hydrogen-bond donors (Lipinski definition) is 1. The summed E-state index contributed by atoms with van der Waals surface area (Å²) in [6.07, 6.45) is 1.21. The molecule has 0 fully saturated rings. The Morgan fingerprint density at radius 3 is 2.65 bits per heavy atom. The second-order valence-corrected chi connectivity index (χ2v) is 4.93. The summed E-state index contributed by atoms with van der Waals surface area (Å²) in [5, 5.41) is 9.86. The lowest BCUT2D eigenvalue weighted by Crippen LogP contribution is -2.22. The van der Waals surface area contributed by atoms with E-state index >= 15 is 0 Å². The predicted molar refractivity (Wildman–Crippen MR) is 64.7 cm³/mol. The molecule has 0 amide bonds. The Morgan fingerprint density at radius 1 is 1.41 bits per heavy atom. The third-order valence-electron chi connectivity index (χ3n) is 3.32. The van der Waals surface area contributed by atoms with Crippen molar-refractivity contribution in [2.24, 2.45) is 5.92 Å². The molecule has 3 heteroatoms. The molecule has 0 aromatic heterocycles. The normalized spacial score (nSPS) is 19.0. The standard InChI is InChI=1S/C14H16O3/c1-7-4-10-13(11(16)5-7)8(2)6-12(17)14(10)9(3)15/h6-7,17H,4-5H2,1-3H3. The van der Waals surface area contributed by atoms with Crippen molar-refractivity contribution in [3.63, 3.8) is 0 Å². The van der Waals surface area contributed by atoms with E-state index in [0.29, 0.717) is 24.0 Å². The lowest BCUT2D eigenvalue weighted by molar-refractivity contribution is 0.0952. The number of Topliss-reactive ketones (excluding diaryl/α,β-unsaturated/α-hetero) is 2. The Kier molecular flexibility index (Phi) is 2.77. The van der Waals surface area contributed by atoms with E-state index in [1.165, 1.54) is 13.0 Å². The average molecular weight is 232 g/mol. The van der Waals surface area contributed by atoms with Gasteiger partial charge in [0, 0.05) is 12.0 Å². The first-order valence-electron chi connectivity index (χ1n) is 5.81. The van der Waals surface area contributed by atoms with E-state index in [2.05, 4.69) is 0 Å². The van der Waals surface area contributed by atoms with E-state index in [1.807, 2.05) is 6.92 Å². The van der Waals surface area contributed by atoms with E-state index in [4.69, 9.17) is 0 Å². The third kappa shape index (κ3) is 1.86. The van der Waals surface area contributed by atoms with Crippen LogP contribution in [0.3, 0.4) is 0 Å². The van der Waals surface area contributed by atoms with Gasteiger partial charge < -0.3 is 5.11 Å². The van der Waals surface area contributed by atoms with E-state index in [1.54, 1.807) is 6.92 Å². The van der Waals surface area contributed by atoms with Gasteiger partial charge in [-0.15, -0.1) is 0 Å². The molecule has 0 saturated carbocycles. The fraction of sp³-hybridized carbons (Fsp3) is 0.429. The van der Waals surface area contributed by atoms with Crippen molar-refractivity contribution in [3.8, 4) is 5.75 Å². The molecule has 1 aliphatic rings. The summed E-state index contributed by atoms with van der Waals surface area (Å²) in [6.45, 7) is 5.22. The fourth-order valence-electron chi connectivity index (χ4n) is 2.69. The SMILES string of the molecule is CC(=O)c1c(O)cc(C)c2c1CC(C)CC2=O. The smallest absolute Gasteiger partial charge is 0.163 e. The number of aryl methyl sites for hydroxylation is 1. The van der Waals surface area contributed by atoms with Gasteiger partial charge in [0.1, 0.15) is 5.75 Å². The number of ketones is 2. The summed E-state index contributed by atoms with van der Waals surface area (Å²) in [5.74, 6) is 0.129. The van der Waals surface area contributed by atoms with Crippen LogP contribution in [0.1, 0.15) is 52.1 Å². The third-order valence-corrected chi connectivity index (χ3v) is 3.32. The number of carbonyl (C=O) groups excluding carboxylic acids is 2. The van der Waals surface area contributed by atoms with Crippen LogP contribution in [0.4, 0.5) is 0 Å². The number of phenols is 1. The van der Waals surface area contributed by atoms with Crippen molar-refractivity contribution in [1.29, 1.82) is 0 Å². The van der Waals surface area contributed by atoms with Gasteiger partial charge in [0.15, 0.2) is 11.6 Å². The second-order valence-electron chi connectivity index (χ2n) is 4.93. The Labute approximate surface area is 100 Å². The lowest BCUT2D eigenvalue weighted by Gasteiger charge is -2.24. The molecule has 0 aliphatic heterocycles. The van der Waals surface area contributed by atoms with Gasteiger partial charge in [-0.2, -0.15) is 0 Å². The van der Waals surface area contributed by atoms with Gasteiger partial charge in [0.25, 0.3) is 0 Å². The van der Waals surface area contributed by atoms with Gasteiger partial charge in [0.05, 0.1) is 5.56 Å². The van der Waals surface area contributed by atoms with Crippen LogP contribution >= 0.6 is 0 Å². The van der Waals surface area contributed by atoms with Gasteiger partial charge >= 0.3 is 0 Å². The number of fused-ring (bicyclic) bond motifs is 1. The molecule has 1 unspecified atom stereocenters. The lowest BCUT2D eigenvalue weighted by atomic mass is 9.79. The van der Waals surface area contributed by atoms with Crippen molar-refractivity contribution in [2.45, 2.75) is 33.6 Å². The quantitative estimate of drug-likeness (QED) is 0.757. The summed E-state index contributed by atoms with van der Waals surface area (Å²) in [5.41, 5.74) is 2.47. The van der Waals surface area contributed by atoms with Gasteiger partial charge in [-0.25, -0.2) is 0 Å². The summed E-state index contributed by atoms with van der Waals surface area (Å²) >= 11 is 0. The maximum Gasteiger partial charge on any atom is 0.163 e. The highest BCUT2D eigenvalue weighted by atomic mass is 16.3. The first kappa shape index (κ1) is 11.8. The highest BCUT2D eigenvalue weighted by molar-refractivity contribution is 6.06. The molecule has 0 radical (unpaired) electrons. The van der Waals surface area contributed by atoms with Crippen LogP contribution in [0, 0.1) is 12.8 Å². The molecule has 0 spiro atoms. The molecule has 0 heterocycles. The maximum absolute atomic E-state index is 12.0. The van der Waals surface area contributed by atoms with Gasteiger partial charge in [-0.05, 0) is 43.4 Å². The average Bonchev–Trinajstić information content (AvgIpc) is 2.13. The zero-order chi connectivity index (χ0) is 12.7. The van der Waals surface area contributed by atoms with Crippen molar-refractivity contribution in [3.05, 3.63) is 28.3 Å². The Bertz CT molecular complexity index is 494. The number of carbonyl (C=O) groups is 2. The summed E-state index contributed by atoms with van der Waals surface area (Å²) in [4.78, 5) is 23.6. The first-order chi connectivity index (χ1) is 7.91. The Morgan fingerprint density at radius 2 is 2.06 bits per heavy atom. The van der Waals surface area contributed by atoms with Crippen LogP contribution in [0.5, 0.6) is 5.75 Å². The number of aromatic hydroxyl groups is 1. The van der Waals surface area contributed by atoms with Crippen LogP contribution in [-0.4, -0.2) is 16.7 Å². The minimum Gasteiger partial charge on any atom is -0.507 e. The molecule has 0 bridgehead atoms. The summed E-state index contributed by atoms with van der Waals surface area (Å²) in [7, 11) is 0. The van der Waals surface area contributed by atoms with Crippen molar-refractivity contribution >= 4 is 11.6 Å². The molecule has 17 heavy (non-hydrogen) atoms. The first-order valence-corrected chi connectivity index (χ1v) is 5.81. The van der Waals surface area contributed by atoms with Gasteiger partial charge in [-0.1, -0.05) is 6.92 Å². The van der Waals surface area contributed by atoms with Crippen LogP contribution in [-0.2, 0) is 6.42 Å². The highest BCUT2D eigenvalue weighted by Gasteiger charge is 2.29. The predicted octanol–water partition coefficient (Wildman–Crippen LogP) is 2.67. The van der Waals surface area contributed by atoms with Crippen LogP contribution in [0.25, 0.3) is 0 Å². The fourth-order valence-corrected chi connectivity index (χ4v) is 2.69. The van der Waals surface area contributed by atoms with E-state index < -0.39 is 0 Å². The molecular weight excluding hydrogens is 216 g/mol. The minimum absolute atomic E-state index is 0.00403. The molecular formula is C14H16O3. The van der Waals surface area contributed by atoms with E-state index in [9.17, 15) is 14.7 Å². The van der Waals surface area contributed by atoms with E-state index in [0.717, 1.165) is 11.1 Å². The minimum atomic E-state index is -0.180. The topological polar surface area (TPSA) is 54.4 Å². The summed E-state index contributed by atoms with van der Waals surface area (Å²) in [6, 6.07) is 1.52.